The van der Waals surface area contributed by atoms with E-state index in [1.54, 1.807) is 24.3 Å². The Bertz CT molecular complexity index is 886. The number of aryl methyl sites for hydroxylation is 1. The maximum Gasteiger partial charge on any atom is 0.134 e. The second kappa shape index (κ2) is 9.98. The van der Waals surface area contributed by atoms with Crippen molar-refractivity contribution in [2.24, 2.45) is 0 Å². The minimum atomic E-state index is -1.14. The van der Waals surface area contributed by atoms with E-state index in [2.05, 4.69) is 41.0 Å². The fourth-order valence-electron chi connectivity index (χ4n) is 4.55. The molecule has 2 aromatic carbocycles. The molecule has 0 unspecified atom stereocenters. The number of aliphatic hydroxyl groups is 2. The Kier molecular flexibility index (Phi) is 7.27. The molecular weight excluding hydrogens is 428 g/mol. The molecule has 0 bridgehead atoms. The molecule has 0 spiro atoms. The van der Waals surface area contributed by atoms with Gasteiger partial charge in [-0.25, -0.2) is 0 Å². The number of β-amino-alcohol motifs (C(OH)–C–C–N with tert-alkyl or cyclic N) is 2. The monoisotopic (exact) mass is 460 g/mol. The van der Waals surface area contributed by atoms with Crippen molar-refractivity contribution in [3.05, 3.63) is 59.1 Å². The first-order valence-corrected chi connectivity index (χ1v) is 11.7. The second-order valence-corrected chi connectivity index (χ2v) is 9.72. The van der Waals surface area contributed by atoms with Gasteiger partial charge in [0.2, 0.25) is 0 Å². The topological polar surface area (TPSA) is 65.4 Å². The van der Waals surface area contributed by atoms with Crippen molar-refractivity contribution < 1.29 is 19.7 Å². The number of anilines is 1. The molecule has 7 heteroatoms. The molecule has 2 heterocycles. The molecule has 2 aliphatic rings. The van der Waals surface area contributed by atoms with Crippen molar-refractivity contribution >= 4 is 17.3 Å². The molecule has 2 saturated heterocycles. The number of piperidine rings is 1. The highest BCUT2D eigenvalue weighted by atomic mass is 35.5. The Morgan fingerprint density at radius 3 is 2.50 bits per heavy atom. The van der Waals surface area contributed by atoms with Crippen molar-refractivity contribution in [1.29, 1.82) is 0 Å². The number of ether oxygens (including phenoxy) is 2. The highest BCUT2D eigenvalue weighted by molar-refractivity contribution is 6.30. The van der Waals surface area contributed by atoms with Crippen molar-refractivity contribution in [2.75, 3.05) is 57.4 Å². The van der Waals surface area contributed by atoms with E-state index >= 15 is 0 Å². The lowest BCUT2D eigenvalue weighted by Crippen LogP contribution is -2.55. The lowest BCUT2D eigenvalue weighted by atomic mass is 9.90. The molecule has 1 atom stereocenters. The van der Waals surface area contributed by atoms with E-state index < -0.39 is 11.2 Å². The van der Waals surface area contributed by atoms with Crippen LogP contribution >= 0.6 is 11.6 Å². The average Bonchev–Trinajstić information content (AvgIpc) is 2.95. The van der Waals surface area contributed by atoms with Gasteiger partial charge in [0.25, 0.3) is 0 Å². The number of hydrogen-bond donors (Lipinski definition) is 2. The highest BCUT2D eigenvalue weighted by Crippen LogP contribution is 2.29. The molecule has 2 fully saturated rings. The zero-order valence-electron chi connectivity index (χ0n) is 18.7. The number of nitrogens with zero attached hydrogens (tertiary/aromatic N) is 2. The van der Waals surface area contributed by atoms with Crippen LogP contribution < -0.4 is 9.64 Å². The molecule has 4 rings (SSSR count). The molecule has 2 aliphatic heterocycles. The molecule has 0 saturated carbocycles. The van der Waals surface area contributed by atoms with Crippen LogP contribution in [0.4, 0.5) is 5.69 Å². The van der Waals surface area contributed by atoms with E-state index in [1.807, 2.05) is 0 Å². The number of halogens is 1. The SMILES string of the molecule is Cc1cccc(N2CCC(O)(CN3CCOC[C@@](O)(COc4ccc(Cl)cc4)C3)CC2)c1. The van der Waals surface area contributed by atoms with Crippen molar-refractivity contribution in [3.63, 3.8) is 0 Å². The predicted molar refractivity (Wildman–Crippen MR) is 127 cm³/mol. The van der Waals surface area contributed by atoms with Crippen LogP contribution in [0.2, 0.25) is 5.02 Å². The van der Waals surface area contributed by atoms with Gasteiger partial charge in [0.15, 0.2) is 0 Å². The Balaban J connectivity index is 1.33. The van der Waals surface area contributed by atoms with Crippen LogP contribution in [0.1, 0.15) is 18.4 Å². The van der Waals surface area contributed by atoms with Crippen LogP contribution in [0.3, 0.4) is 0 Å². The maximum atomic E-state index is 11.3. The van der Waals surface area contributed by atoms with Crippen LogP contribution in [0.15, 0.2) is 48.5 Å². The van der Waals surface area contributed by atoms with Gasteiger partial charge in [-0.2, -0.15) is 0 Å². The maximum absolute atomic E-state index is 11.3. The summed E-state index contributed by atoms with van der Waals surface area (Å²) in [6, 6.07) is 15.6. The minimum absolute atomic E-state index is 0.116. The molecule has 32 heavy (non-hydrogen) atoms. The summed E-state index contributed by atoms with van der Waals surface area (Å²) >= 11 is 5.93. The van der Waals surface area contributed by atoms with Gasteiger partial charge in [0, 0.05) is 43.4 Å². The van der Waals surface area contributed by atoms with Crippen LogP contribution in [-0.2, 0) is 4.74 Å². The van der Waals surface area contributed by atoms with Crippen molar-refractivity contribution in [3.8, 4) is 5.75 Å². The van der Waals surface area contributed by atoms with Crippen LogP contribution in [-0.4, -0.2) is 78.9 Å². The van der Waals surface area contributed by atoms with E-state index in [0.29, 0.717) is 49.9 Å². The normalized spacial score (nSPS) is 24.2. The minimum Gasteiger partial charge on any atom is -0.490 e. The highest BCUT2D eigenvalue weighted by Gasteiger charge is 2.39. The smallest absolute Gasteiger partial charge is 0.134 e. The second-order valence-electron chi connectivity index (χ2n) is 9.28. The van der Waals surface area contributed by atoms with Gasteiger partial charge < -0.3 is 24.6 Å². The van der Waals surface area contributed by atoms with E-state index in [4.69, 9.17) is 21.1 Å². The Morgan fingerprint density at radius 1 is 1.03 bits per heavy atom. The lowest BCUT2D eigenvalue weighted by molar-refractivity contribution is -0.0742. The van der Waals surface area contributed by atoms with Crippen LogP contribution in [0.5, 0.6) is 5.75 Å². The first-order valence-electron chi connectivity index (χ1n) is 11.3. The van der Waals surface area contributed by atoms with Crippen molar-refractivity contribution in [2.45, 2.75) is 31.0 Å². The Morgan fingerprint density at radius 2 is 1.78 bits per heavy atom. The molecule has 2 N–H and O–H groups in total. The van der Waals surface area contributed by atoms with E-state index in [-0.39, 0.29) is 13.2 Å². The zero-order chi connectivity index (χ0) is 22.6. The van der Waals surface area contributed by atoms with Gasteiger partial charge in [-0.3, -0.25) is 4.90 Å². The van der Waals surface area contributed by atoms with E-state index in [9.17, 15) is 10.2 Å². The summed E-state index contributed by atoms with van der Waals surface area (Å²) in [5, 5.41) is 23.1. The van der Waals surface area contributed by atoms with Gasteiger partial charge in [-0.05, 0) is 61.7 Å². The Hall–Kier alpha value is -1.83. The summed E-state index contributed by atoms with van der Waals surface area (Å²) < 4.78 is 11.5. The van der Waals surface area contributed by atoms with E-state index in [1.165, 1.54) is 11.3 Å². The number of hydrogen-bond acceptors (Lipinski definition) is 6. The summed E-state index contributed by atoms with van der Waals surface area (Å²) in [6.45, 7) is 6.15. The van der Waals surface area contributed by atoms with E-state index in [0.717, 1.165) is 13.1 Å². The largest absolute Gasteiger partial charge is 0.490 e. The zero-order valence-corrected chi connectivity index (χ0v) is 19.4. The fourth-order valence-corrected chi connectivity index (χ4v) is 4.67. The standard InChI is InChI=1S/C25H33ClN2O4/c1-20-3-2-4-22(15-20)28-11-9-24(29,10-12-28)16-27-13-14-31-18-25(30,17-27)19-32-23-7-5-21(26)6-8-23/h2-8,15,29-30H,9-14,16-19H2,1H3/t25-/m1/s1. The molecular formula is C25H33ClN2O4. The summed E-state index contributed by atoms with van der Waals surface area (Å²) in [7, 11) is 0. The Labute approximate surface area is 195 Å². The average molecular weight is 461 g/mol. The van der Waals surface area contributed by atoms with Gasteiger partial charge in [-0.1, -0.05) is 23.7 Å². The van der Waals surface area contributed by atoms with Gasteiger partial charge >= 0.3 is 0 Å². The lowest BCUT2D eigenvalue weighted by Gasteiger charge is -2.42. The summed E-state index contributed by atoms with van der Waals surface area (Å²) in [6.07, 6.45) is 1.38. The van der Waals surface area contributed by atoms with Gasteiger partial charge in [-0.15, -0.1) is 0 Å². The summed E-state index contributed by atoms with van der Waals surface area (Å²) in [5.74, 6) is 0.653. The number of rotatable bonds is 6. The fraction of sp³-hybridized carbons (Fsp3) is 0.520. The third kappa shape index (κ3) is 6.15. The predicted octanol–water partition coefficient (Wildman–Crippen LogP) is 3.12. The third-order valence-electron chi connectivity index (χ3n) is 6.34. The van der Waals surface area contributed by atoms with Crippen molar-refractivity contribution in [1.82, 2.24) is 4.90 Å². The molecule has 6 nitrogen and oxygen atoms in total. The van der Waals surface area contributed by atoms with Gasteiger partial charge in [0.05, 0.1) is 18.8 Å². The first-order chi connectivity index (χ1) is 15.3. The molecule has 0 radical (unpaired) electrons. The molecule has 0 aliphatic carbocycles. The quantitative estimate of drug-likeness (QED) is 0.690. The molecule has 2 aromatic rings. The molecule has 0 aromatic heterocycles. The molecule has 0 amide bonds. The summed E-state index contributed by atoms with van der Waals surface area (Å²) in [5.41, 5.74) is 0.536. The molecule has 174 valence electrons. The third-order valence-corrected chi connectivity index (χ3v) is 6.59. The van der Waals surface area contributed by atoms with Crippen LogP contribution in [0, 0.1) is 6.92 Å². The summed E-state index contributed by atoms with van der Waals surface area (Å²) in [4.78, 5) is 4.45. The van der Waals surface area contributed by atoms with Gasteiger partial charge in [0.1, 0.15) is 18.0 Å². The van der Waals surface area contributed by atoms with Crippen LogP contribution in [0.25, 0.3) is 0 Å². The number of benzene rings is 2. The first kappa shape index (κ1) is 23.3.